The number of halogens is 3. The van der Waals surface area contributed by atoms with Crippen molar-refractivity contribution in [2.24, 2.45) is 4.99 Å². The van der Waals surface area contributed by atoms with Crippen molar-refractivity contribution in [3.63, 3.8) is 0 Å². The Kier molecular flexibility index (Phi) is 8.93. The molecule has 0 bridgehead atoms. The molecule has 0 saturated heterocycles. The van der Waals surface area contributed by atoms with Gasteiger partial charge in [-0.15, -0.1) is 24.0 Å². The van der Waals surface area contributed by atoms with E-state index >= 15 is 0 Å². The number of guanidine groups is 1. The second-order valence-corrected chi connectivity index (χ2v) is 6.37. The molecule has 166 valence electrons. The molecular formula is C19H25F2IN4O4. The average Bonchev–Trinajstić information content (AvgIpc) is 3.25. The van der Waals surface area contributed by atoms with Crippen LogP contribution >= 0.6 is 24.0 Å². The van der Waals surface area contributed by atoms with Crippen molar-refractivity contribution < 1.29 is 27.5 Å². The highest BCUT2D eigenvalue weighted by Gasteiger charge is 2.20. The molecule has 0 spiro atoms. The van der Waals surface area contributed by atoms with Crippen LogP contribution in [-0.2, 0) is 13.0 Å². The maximum absolute atomic E-state index is 12.8. The highest BCUT2D eigenvalue weighted by atomic mass is 127. The lowest BCUT2D eigenvalue weighted by Crippen LogP contribution is -2.38. The van der Waals surface area contributed by atoms with Gasteiger partial charge in [0.25, 0.3) is 0 Å². The predicted octanol–water partition coefficient (Wildman–Crippen LogP) is 3.54. The molecule has 1 aromatic carbocycles. The van der Waals surface area contributed by atoms with Gasteiger partial charge in [-0.3, -0.25) is 0 Å². The van der Waals surface area contributed by atoms with Crippen LogP contribution in [0.5, 0.6) is 17.2 Å². The topological polar surface area (TPSA) is 90.1 Å². The fourth-order valence-electron chi connectivity index (χ4n) is 2.97. The Morgan fingerprint density at radius 1 is 1.23 bits per heavy atom. The summed E-state index contributed by atoms with van der Waals surface area (Å²) in [4.78, 5) is 4.47. The minimum absolute atomic E-state index is 0. The molecule has 0 atom stereocenters. The molecule has 8 nitrogen and oxygen atoms in total. The van der Waals surface area contributed by atoms with Crippen LogP contribution in [-0.4, -0.2) is 37.6 Å². The molecule has 0 amide bonds. The first-order valence-electron chi connectivity index (χ1n) is 9.29. The molecule has 2 aromatic rings. The minimum Gasteiger partial charge on any atom is -0.454 e. The van der Waals surface area contributed by atoms with Crippen molar-refractivity contribution in [2.45, 2.75) is 40.3 Å². The number of hydrogen-bond donors (Lipinski definition) is 2. The van der Waals surface area contributed by atoms with Crippen molar-refractivity contribution in [3.8, 4) is 17.2 Å². The summed E-state index contributed by atoms with van der Waals surface area (Å²) in [5.74, 6) is 2.21. The quantitative estimate of drug-likeness (QED) is 0.302. The molecule has 11 heteroatoms. The third-order valence-corrected chi connectivity index (χ3v) is 4.37. The number of aryl methyl sites for hydroxylation is 2. The zero-order chi connectivity index (χ0) is 20.8. The zero-order valence-electron chi connectivity index (χ0n) is 17.0. The predicted molar refractivity (Wildman–Crippen MR) is 117 cm³/mol. The van der Waals surface area contributed by atoms with Crippen LogP contribution in [0.1, 0.15) is 29.5 Å². The van der Waals surface area contributed by atoms with Crippen LogP contribution < -0.4 is 24.8 Å². The number of benzene rings is 1. The summed E-state index contributed by atoms with van der Waals surface area (Å²) in [6.45, 7) is 4.20. The van der Waals surface area contributed by atoms with Crippen molar-refractivity contribution in [3.05, 3.63) is 34.7 Å². The number of aliphatic imine (C=N–C) groups is 1. The van der Waals surface area contributed by atoms with Crippen LogP contribution in [0.4, 0.5) is 8.78 Å². The van der Waals surface area contributed by atoms with E-state index in [2.05, 4.69) is 25.5 Å². The summed E-state index contributed by atoms with van der Waals surface area (Å²) in [5, 5.41) is 10.3. The fraction of sp³-hybridized carbons (Fsp3) is 0.474. The molecule has 1 aliphatic heterocycles. The first-order chi connectivity index (χ1) is 14.0. The van der Waals surface area contributed by atoms with E-state index in [1.54, 1.807) is 6.07 Å². The lowest BCUT2D eigenvalue weighted by atomic mass is 10.1. The van der Waals surface area contributed by atoms with Crippen LogP contribution in [0.3, 0.4) is 0 Å². The number of hydrogen-bond acceptors (Lipinski definition) is 6. The number of ether oxygens (including phenoxy) is 3. The lowest BCUT2D eigenvalue weighted by Gasteiger charge is -2.13. The standard InChI is InChI=1S/C19H24F2N4O4.HI/c1-4-22-19(23-6-5-14-11(2)25-29-12(14)3)24-9-13-7-16-17(27-10-26-16)8-15(13)28-18(20)21;/h7-8,18H,4-6,9-10H2,1-3H3,(H2,22,23,24);1H. The fourth-order valence-corrected chi connectivity index (χ4v) is 2.97. The second kappa shape index (κ2) is 11.2. The van der Waals surface area contributed by atoms with Gasteiger partial charge in [-0.2, -0.15) is 8.78 Å². The average molecular weight is 538 g/mol. The Balaban J connectivity index is 0.00000320. The van der Waals surface area contributed by atoms with E-state index < -0.39 is 6.61 Å². The SMILES string of the molecule is CCNC(=NCc1cc2c(cc1OC(F)F)OCO2)NCCc1c(C)noc1C.I. The van der Waals surface area contributed by atoms with Gasteiger partial charge in [0, 0.05) is 30.3 Å². The zero-order valence-corrected chi connectivity index (χ0v) is 19.3. The summed E-state index contributed by atoms with van der Waals surface area (Å²) in [5.41, 5.74) is 2.38. The van der Waals surface area contributed by atoms with E-state index in [1.807, 2.05) is 20.8 Å². The van der Waals surface area contributed by atoms with Gasteiger partial charge in [-0.1, -0.05) is 5.16 Å². The first kappa shape index (κ1) is 24.0. The second-order valence-electron chi connectivity index (χ2n) is 6.37. The highest BCUT2D eigenvalue weighted by molar-refractivity contribution is 14.0. The third-order valence-electron chi connectivity index (χ3n) is 4.37. The van der Waals surface area contributed by atoms with E-state index in [0.29, 0.717) is 36.1 Å². The Labute approximate surface area is 190 Å². The molecule has 2 N–H and O–H groups in total. The molecule has 3 rings (SSSR count). The summed E-state index contributed by atoms with van der Waals surface area (Å²) in [6.07, 6.45) is 0.718. The molecule has 0 aliphatic carbocycles. The van der Waals surface area contributed by atoms with Gasteiger partial charge in [-0.05, 0) is 33.3 Å². The van der Waals surface area contributed by atoms with Gasteiger partial charge >= 0.3 is 6.61 Å². The molecule has 0 unspecified atom stereocenters. The number of nitrogens with zero attached hydrogens (tertiary/aromatic N) is 2. The Morgan fingerprint density at radius 3 is 2.60 bits per heavy atom. The van der Waals surface area contributed by atoms with Crippen molar-refractivity contribution in [1.82, 2.24) is 15.8 Å². The van der Waals surface area contributed by atoms with E-state index in [4.69, 9.17) is 14.0 Å². The Hall–Kier alpha value is -2.31. The van der Waals surface area contributed by atoms with E-state index in [0.717, 1.165) is 23.4 Å². The van der Waals surface area contributed by atoms with Gasteiger partial charge in [0.05, 0.1) is 12.2 Å². The molecule has 30 heavy (non-hydrogen) atoms. The summed E-state index contributed by atoms with van der Waals surface area (Å²) in [7, 11) is 0. The van der Waals surface area contributed by atoms with Crippen LogP contribution in [0.2, 0.25) is 0 Å². The minimum atomic E-state index is -2.94. The Morgan fingerprint density at radius 2 is 1.97 bits per heavy atom. The first-order valence-corrected chi connectivity index (χ1v) is 9.29. The van der Waals surface area contributed by atoms with E-state index in [1.165, 1.54) is 6.07 Å². The van der Waals surface area contributed by atoms with Crippen molar-refractivity contribution in [2.75, 3.05) is 19.9 Å². The molecule has 0 fully saturated rings. The Bertz CT molecular complexity index is 857. The monoisotopic (exact) mass is 538 g/mol. The van der Waals surface area contributed by atoms with Crippen molar-refractivity contribution in [1.29, 1.82) is 0 Å². The van der Waals surface area contributed by atoms with Gasteiger partial charge in [0.2, 0.25) is 6.79 Å². The number of alkyl halides is 2. The number of rotatable bonds is 8. The lowest BCUT2D eigenvalue weighted by molar-refractivity contribution is -0.0505. The maximum atomic E-state index is 12.8. The van der Waals surface area contributed by atoms with E-state index in [-0.39, 0.29) is 43.1 Å². The van der Waals surface area contributed by atoms with E-state index in [9.17, 15) is 8.78 Å². The third kappa shape index (κ3) is 6.09. The van der Waals surface area contributed by atoms with Gasteiger partial charge in [0.1, 0.15) is 11.5 Å². The molecule has 0 saturated carbocycles. The van der Waals surface area contributed by atoms with Gasteiger partial charge in [0.15, 0.2) is 17.5 Å². The largest absolute Gasteiger partial charge is 0.454 e. The molecule has 1 aliphatic rings. The number of fused-ring (bicyclic) bond motifs is 1. The van der Waals surface area contributed by atoms with Gasteiger partial charge < -0.3 is 29.4 Å². The van der Waals surface area contributed by atoms with Gasteiger partial charge in [-0.25, -0.2) is 4.99 Å². The summed E-state index contributed by atoms with van der Waals surface area (Å²) < 4.78 is 45.9. The summed E-state index contributed by atoms with van der Waals surface area (Å²) in [6, 6.07) is 3.01. The normalized spacial score (nSPS) is 12.7. The molecular weight excluding hydrogens is 513 g/mol. The van der Waals surface area contributed by atoms with Crippen LogP contribution in [0, 0.1) is 13.8 Å². The highest BCUT2D eigenvalue weighted by Crippen LogP contribution is 2.39. The number of aromatic nitrogens is 1. The molecule has 0 radical (unpaired) electrons. The van der Waals surface area contributed by atoms with Crippen molar-refractivity contribution >= 4 is 29.9 Å². The van der Waals surface area contributed by atoms with Crippen LogP contribution in [0.15, 0.2) is 21.6 Å². The smallest absolute Gasteiger partial charge is 0.387 e. The van der Waals surface area contributed by atoms with Crippen LogP contribution in [0.25, 0.3) is 0 Å². The molecule has 2 heterocycles. The summed E-state index contributed by atoms with van der Waals surface area (Å²) >= 11 is 0. The molecule has 1 aromatic heterocycles. The number of nitrogens with one attached hydrogen (secondary N) is 2. The maximum Gasteiger partial charge on any atom is 0.387 e.